The summed E-state index contributed by atoms with van der Waals surface area (Å²) >= 11 is 0. The Morgan fingerprint density at radius 3 is 2.50 bits per heavy atom. The maximum Gasteiger partial charge on any atom is 0.416 e. The Morgan fingerprint density at radius 1 is 1.10 bits per heavy atom. The molecule has 1 nitrogen and oxygen atoms in total. The monoisotopic (exact) mass is 283 g/mol. The van der Waals surface area contributed by atoms with Crippen molar-refractivity contribution in [3.05, 3.63) is 35.4 Å². The van der Waals surface area contributed by atoms with E-state index in [9.17, 15) is 13.2 Å². The Labute approximate surface area is 117 Å². The van der Waals surface area contributed by atoms with Crippen LogP contribution in [0, 0.1) is 11.8 Å². The summed E-state index contributed by atoms with van der Waals surface area (Å²) in [5.74, 6) is 1.37. The summed E-state index contributed by atoms with van der Waals surface area (Å²) in [4.78, 5) is 0. The van der Waals surface area contributed by atoms with Crippen LogP contribution in [0.3, 0.4) is 0 Å². The van der Waals surface area contributed by atoms with Gasteiger partial charge in [0, 0.05) is 5.54 Å². The lowest BCUT2D eigenvalue weighted by Gasteiger charge is -2.39. The van der Waals surface area contributed by atoms with Crippen molar-refractivity contribution in [2.24, 2.45) is 17.6 Å². The zero-order valence-corrected chi connectivity index (χ0v) is 11.4. The van der Waals surface area contributed by atoms with Gasteiger partial charge in [0.15, 0.2) is 0 Å². The molecule has 0 aliphatic heterocycles. The fourth-order valence-electron chi connectivity index (χ4n) is 3.59. The van der Waals surface area contributed by atoms with E-state index in [0.29, 0.717) is 11.5 Å². The van der Waals surface area contributed by atoms with Gasteiger partial charge in [0.2, 0.25) is 0 Å². The second-order valence-electron chi connectivity index (χ2n) is 6.43. The molecule has 2 fully saturated rings. The van der Waals surface area contributed by atoms with Crippen molar-refractivity contribution in [1.29, 1.82) is 0 Å². The van der Waals surface area contributed by atoms with Crippen LogP contribution in [0.4, 0.5) is 13.2 Å². The van der Waals surface area contributed by atoms with Crippen molar-refractivity contribution in [2.75, 3.05) is 0 Å². The van der Waals surface area contributed by atoms with Crippen LogP contribution >= 0.6 is 0 Å². The van der Waals surface area contributed by atoms with Crippen LogP contribution in [0.5, 0.6) is 0 Å². The lowest BCUT2D eigenvalue weighted by Crippen LogP contribution is -2.42. The fourth-order valence-corrected chi connectivity index (χ4v) is 3.59. The second-order valence-corrected chi connectivity index (χ2v) is 6.43. The Bertz CT molecular complexity index is 493. The summed E-state index contributed by atoms with van der Waals surface area (Å²) in [5.41, 5.74) is 5.97. The normalized spacial score (nSPS) is 31.3. The van der Waals surface area contributed by atoms with Gasteiger partial charge in [-0.3, -0.25) is 0 Å². The van der Waals surface area contributed by atoms with Gasteiger partial charge in [0.25, 0.3) is 0 Å². The van der Waals surface area contributed by atoms with Gasteiger partial charge < -0.3 is 5.73 Å². The average molecular weight is 283 g/mol. The molecule has 3 rings (SSSR count). The number of benzene rings is 1. The van der Waals surface area contributed by atoms with E-state index in [4.69, 9.17) is 5.73 Å². The highest BCUT2D eigenvalue weighted by Crippen LogP contribution is 2.48. The second kappa shape index (κ2) is 4.76. The van der Waals surface area contributed by atoms with Crippen molar-refractivity contribution in [3.63, 3.8) is 0 Å². The molecule has 2 atom stereocenters. The van der Waals surface area contributed by atoms with Crippen molar-refractivity contribution >= 4 is 0 Å². The van der Waals surface area contributed by atoms with E-state index in [2.05, 4.69) is 0 Å². The highest BCUT2D eigenvalue weighted by Gasteiger charge is 2.41. The standard InChI is InChI=1S/C16H20F3N/c17-16(18,19)14-5-1-4-13(9-14)15(20)8-2-3-12(10-15)11-6-7-11/h1,4-5,9,11-12H,2-3,6-8,10,20H2. The third-order valence-electron chi connectivity index (χ3n) is 4.88. The first kappa shape index (κ1) is 13.9. The van der Waals surface area contributed by atoms with Crippen LogP contribution in [0.2, 0.25) is 0 Å². The topological polar surface area (TPSA) is 26.0 Å². The average Bonchev–Trinajstić information content (AvgIpc) is 3.22. The largest absolute Gasteiger partial charge is 0.416 e. The minimum absolute atomic E-state index is 0.577. The van der Waals surface area contributed by atoms with Crippen molar-refractivity contribution in [3.8, 4) is 0 Å². The molecule has 1 aromatic rings. The smallest absolute Gasteiger partial charge is 0.321 e. The van der Waals surface area contributed by atoms with Gasteiger partial charge in [-0.25, -0.2) is 0 Å². The van der Waals surface area contributed by atoms with Gasteiger partial charge in [0.1, 0.15) is 0 Å². The molecule has 0 saturated heterocycles. The van der Waals surface area contributed by atoms with Crippen LogP contribution in [-0.2, 0) is 11.7 Å². The molecule has 0 radical (unpaired) electrons. The zero-order chi connectivity index (χ0) is 14.4. The predicted octanol–water partition coefficient (Wildman–Crippen LogP) is 4.46. The van der Waals surface area contributed by atoms with Gasteiger partial charge in [0.05, 0.1) is 5.56 Å². The summed E-state index contributed by atoms with van der Waals surface area (Å²) in [6.07, 6.45) is 2.07. The number of hydrogen-bond acceptors (Lipinski definition) is 1. The van der Waals surface area contributed by atoms with E-state index in [1.165, 1.54) is 31.4 Å². The third-order valence-corrected chi connectivity index (χ3v) is 4.88. The predicted molar refractivity (Wildman–Crippen MR) is 72.0 cm³/mol. The highest BCUT2D eigenvalue weighted by molar-refractivity contribution is 5.31. The SMILES string of the molecule is NC1(c2cccc(C(F)(F)F)c2)CCCC(C2CC2)C1. The van der Waals surface area contributed by atoms with Crippen molar-refractivity contribution in [2.45, 2.75) is 50.2 Å². The first-order valence-electron chi connectivity index (χ1n) is 7.35. The summed E-state index contributed by atoms with van der Waals surface area (Å²) in [6.45, 7) is 0. The van der Waals surface area contributed by atoms with Crippen LogP contribution < -0.4 is 5.73 Å². The van der Waals surface area contributed by atoms with E-state index < -0.39 is 17.3 Å². The van der Waals surface area contributed by atoms with Crippen LogP contribution in [0.25, 0.3) is 0 Å². The van der Waals surface area contributed by atoms with Gasteiger partial charge in [-0.15, -0.1) is 0 Å². The van der Waals surface area contributed by atoms with Gasteiger partial charge >= 0.3 is 6.18 Å². The summed E-state index contributed by atoms with van der Waals surface area (Å²) in [5, 5.41) is 0. The molecule has 20 heavy (non-hydrogen) atoms. The highest BCUT2D eigenvalue weighted by atomic mass is 19.4. The van der Waals surface area contributed by atoms with Crippen LogP contribution in [-0.4, -0.2) is 0 Å². The quantitative estimate of drug-likeness (QED) is 0.852. The Kier molecular flexibility index (Phi) is 3.32. The van der Waals surface area contributed by atoms with E-state index in [-0.39, 0.29) is 0 Å². The first-order chi connectivity index (χ1) is 9.38. The molecular weight excluding hydrogens is 263 g/mol. The molecule has 110 valence electrons. The molecule has 2 unspecified atom stereocenters. The molecule has 2 aliphatic rings. The fraction of sp³-hybridized carbons (Fsp3) is 0.625. The molecule has 0 aromatic heterocycles. The number of rotatable bonds is 2. The van der Waals surface area contributed by atoms with E-state index >= 15 is 0 Å². The number of hydrogen-bond donors (Lipinski definition) is 1. The van der Waals surface area contributed by atoms with Gasteiger partial charge in [-0.2, -0.15) is 13.2 Å². The number of halogens is 3. The van der Waals surface area contributed by atoms with E-state index in [0.717, 1.165) is 31.2 Å². The van der Waals surface area contributed by atoms with Crippen molar-refractivity contribution < 1.29 is 13.2 Å². The van der Waals surface area contributed by atoms with Crippen LogP contribution in [0.1, 0.15) is 49.7 Å². The van der Waals surface area contributed by atoms with Gasteiger partial charge in [-0.1, -0.05) is 25.0 Å². The number of nitrogens with two attached hydrogens (primary N) is 1. The Hall–Kier alpha value is -1.03. The molecule has 0 bridgehead atoms. The summed E-state index contributed by atoms with van der Waals surface area (Å²) in [6, 6.07) is 5.60. The van der Waals surface area contributed by atoms with Crippen molar-refractivity contribution in [1.82, 2.24) is 0 Å². The molecule has 1 aromatic carbocycles. The summed E-state index contributed by atoms with van der Waals surface area (Å²) in [7, 11) is 0. The lowest BCUT2D eigenvalue weighted by molar-refractivity contribution is -0.137. The minimum atomic E-state index is -4.29. The minimum Gasteiger partial charge on any atom is -0.321 e. The molecule has 0 amide bonds. The van der Waals surface area contributed by atoms with E-state index in [1.807, 2.05) is 0 Å². The maximum atomic E-state index is 12.8. The maximum absolute atomic E-state index is 12.8. The first-order valence-corrected chi connectivity index (χ1v) is 7.35. The molecule has 2 saturated carbocycles. The number of alkyl halides is 3. The molecule has 2 aliphatic carbocycles. The lowest BCUT2D eigenvalue weighted by atomic mass is 9.71. The van der Waals surface area contributed by atoms with E-state index in [1.54, 1.807) is 6.07 Å². The zero-order valence-electron chi connectivity index (χ0n) is 11.4. The summed E-state index contributed by atoms with van der Waals surface area (Å²) < 4.78 is 38.5. The molecule has 0 heterocycles. The molecule has 0 spiro atoms. The van der Waals surface area contributed by atoms with Crippen LogP contribution in [0.15, 0.2) is 24.3 Å². The van der Waals surface area contributed by atoms with Gasteiger partial charge in [-0.05, 0) is 55.2 Å². The molecule has 2 N–H and O–H groups in total. The third kappa shape index (κ3) is 2.71. The molecular formula is C16H20F3N. The Balaban J connectivity index is 1.86. The molecule has 4 heteroatoms. The Morgan fingerprint density at radius 2 is 1.85 bits per heavy atom.